The Morgan fingerprint density at radius 3 is 2.07 bits per heavy atom. The molecule has 0 atom stereocenters. The Balaban J connectivity index is 2.01. The van der Waals surface area contributed by atoms with Crippen LogP contribution in [0.4, 0.5) is 0 Å². The third-order valence-corrected chi connectivity index (χ3v) is 7.87. The molecular formula is C20H18O5S2. The van der Waals surface area contributed by atoms with Gasteiger partial charge in [0.15, 0.2) is 9.84 Å². The largest absolute Gasteiger partial charge is 0.392 e. The van der Waals surface area contributed by atoms with E-state index in [0.717, 1.165) is 16.8 Å². The van der Waals surface area contributed by atoms with Crippen molar-refractivity contribution in [2.45, 2.75) is 9.79 Å². The average molecular weight is 402 g/mol. The number of hydrogen-bond acceptors (Lipinski definition) is 5. The molecule has 0 amide bonds. The van der Waals surface area contributed by atoms with Crippen LogP contribution in [0.3, 0.4) is 0 Å². The van der Waals surface area contributed by atoms with Crippen LogP contribution in [0.15, 0.2) is 93.6 Å². The molecule has 0 radical (unpaired) electrons. The van der Waals surface area contributed by atoms with E-state index >= 15 is 0 Å². The highest BCUT2D eigenvalue weighted by atomic mass is 32.2. The third kappa shape index (κ3) is 4.10. The minimum Gasteiger partial charge on any atom is -0.392 e. The van der Waals surface area contributed by atoms with Crippen molar-refractivity contribution in [2.24, 2.45) is 0 Å². The molecule has 3 rings (SSSR count). The molecule has 0 heterocycles. The van der Waals surface area contributed by atoms with E-state index in [1.807, 2.05) is 12.1 Å². The first-order valence-corrected chi connectivity index (χ1v) is 11.3. The molecular weight excluding hydrogens is 384 g/mol. The predicted molar refractivity (Wildman–Crippen MR) is 105 cm³/mol. The maximum Gasteiger partial charge on any atom is 0.203 e. The summed E-state index contributed by atoms with van der Waals surface area (Å²) in [4.78, 5) is -0.323. The number of aliphatic hydroxyl groups excluding tert-OH is 1. The van der Waals surface area contributed by atoms with Crippen LogP contribution >= 0.6 is 0 Å². The van der Waals surface area contributed by atoms with E-state index in [1.54, 1.807) is 36.4 Å². The number of rotatable bonds is 6. The molecule has 0 bridgehead atoms. The highest BCUT2D eigenvalue weighted by Crippen LogP contribution is 2.25. The zero-order chi connectivity index (χ0) is 19.5. The van der Waals surface area contributed by atoms with E-state index in [1.165, 1.54) is 24.3 Å². The van der Waals surface area contributed by atoms with Crippen LogP contribution in [0.5, 0.6) is 0 Å². The highest BCUT2D eigenvalue weighted by molar-refractivity contribution is 7.98. The molecule has 0 fully saturated rings. The van der Waals surface area contributed by atoms with Crippen LogP contribution in [0, 0.1) is 0 Å². The molecule has 0 aliphatic heterocycles. The minimum absolute atomic E-state index is 0.0154. The molecule has 27 heavy (non-hydrogen) atoms. The van der Waals surface area contributed by atoms with Crippen molar-refractivity contribution in [1.82, 2.24) is 0 Å². The van der Waals surface area contributed by atoms with Gasteiger partial charge in [-0.05, 0) is 41.1 Å². The van der Waals surface area contributed by atoms with Gasteiger partial charge < -0.3 is 5.11 Å². The molecule has 3 aromatic rings. The number of sulfone groups is 2. The standard InChI is InChI=1S/C20H18O5S2/c21-13-12-20(27(24,25)18-8-2-1-3-9-18)15-26(22,23)19-11-10-16-6-4-5-7-17(16)14-19/h1-12,14,21H,13,15H2. The van der Waals surface area contributed by atoms with Crippen LogP contribution < -0.4 is 0 Å². The average Bonchev–Trinajstić information content (AvgIpc) is 2.68. The maximum absolute atomic E-state index is 12.9. The van der Waals surface area contributed by atoms with Crippen molar-refractivity contribution in [2.75, 3.05) is 12.4 Å². The molecule has 1 N–H and O–H groups in total. The molecule has 0 aliphatic rings. The first-order valence-electron chi connectivity index (χ1n) is 8.16. The van der Waals surface area contributed by atoms with Crippen LogP contribution in [-0.4, -0.2) is 34.3 Å². The van der Waals surface area contributed by atoms with Gasteiger partial charge in [-0.15, -0.1) is 0 Å². The van der Waals surface area contributed by atoms with Crippen molar-refractivity contribution >= 4 is 30.4 Å². The summed E-state index contributed by atoms with van der Waals surface area (Å²) >= 11 is 0. The molecule has 0 unspecified atom stereocenters. The van der Waals surface area contributed by atoms with Crippen molar-refractivity contribution in [3.05, 3.63) is 83.8 Å². The van der Waals surface area contributed by atoms with Gasteiger partial charge in [0, 0.05) is 0 Å². The van der Waals surface area contributed by atoms with E-state index in [0.29, 0.717) is 0 Å². The summed E-state index contributed by atoms with van der Waals surface area (Å²) in [6, 6.07) is 19.5. The fourth-order valence-electron chi connectivity index (χ4n) is 2.73. The summed E-state index contributed by atoms with van der Waals surface area (Å²) in [5, 5.41) is 10.9. The fraction of sp³-hybridized carbons (Fsp3) is 0.100. The Bertz CT molecular complexity index is 1200. The Morgan fingerprint density at radius 1 is 0.778 bits per heavy atom. The number of hydrogen-bond donors (Lipinski definition) is 1. The van der Waals surface area contributed by atoms with Gasteiger partial charge in [0.25, 0.3) is 0 Å². The third-order valence-electron chi connectivity index (χ3n) is 4.13. The van der Waals surface area contributed by atoms with Crippen molar-refractivity contribution < 1.29 is 21.9 Å². The van der Waals surface area contributed by atoms with E-state index < -0.39 is 32.0 Å². The van der Waals surface area contributed by atoms with Crippen molar-refractivity contribution in [3.8, 4) is 0 Å². The zero-order valence-electron chi connectivity index (χ0n) is 14.3. The molecule has 7 heteroatoms. The van der Waals surface area contributed by atoms with Crippen molar-refractivity contribution in [1.29, 1.82) is 0 Å². The quantitative estimate of drug-likeness (QED) is 0.685. The molecule has 0 saturated heterocycles. The Morgan fingerprint density at radius 2 is 1.41 bits per heavy atom. The van der Waals surface area contributed by atoms with Crippen LogP contribution in [0.25, 0.3) is 10.8 Å². The fourth-order valence-corrected chi connectivity index (χ4v) is 6.17. The molecule has 5 nitrogen and oxygen atoms in total. The summed E-state index contributed by atoms with van der Waals surface area (Å²) in [5.41, 5.74) is 0. The lowest BCUT2D eigenvalue weighted by Gasteiger charge is -2.11. The van der Waals surface area contributed by atoms with Gasteiger partial charge in [-0.2, -0.15) is 0 Å². The first kappa shape index (κ1) is 19.3. The van der Waals surface area contributed by atoms with Gasteiger partial charge in [0.1, 0.15) is 0 Å². The smallest absolute Gasteiger partial charge is 0.203 e. The summed E-state index contributed by atoms with van der Waals surface area (Å²) in [7, 11) is -7.95. The lowest BCUT2D eigenvalue weighted by molar-refractivity contribution is 0.342. The highest BCUT2D eigenvalue weighted by Gasteiger charge is 2.27. The van der Waals surface area contributed by atoms with Gasteiger partial charge >= 0.3 is 0 Å². The van der Waals surface area contributed by atoms with Crippen LogP contribution in [-0.2, 0) is 19.7 Å². The first-order chi connectivity index (χ1) is 12.8. The molecule has 0 saturated carbocycles. The Labute approximate surface area is 158 Å². The normalized spacial score (nSPS) is 13.0. The second-order valence-electron chi connectivity index (χ2n) is 5.94. The summed E-state index contributed by atoms with van der Waals surface area (Å²) in [6.07, 6.45) is 1.03. The molecule has 0 aliphatic carbocycles. The van der Waals surface area contributed by atoms with Crippen LogP contribution in [0.1, 0.15) is 0 Å². The SMILES string of the molecule is O=S(=O)(CC(=CCO)S(=O)(=O)c1ccccc1)c1ccc2ccccc2c1. The minimum atomic E-state index is -4.02. The number of aliphatic hydroxyl groups is 1. The summed E-state index contributed by atoms with van der Waals surface area (Å²) in [6.45, 7) is -0.575. The van der Waals surface area contributed by atoms with E-state index in [-0.39, 0.29) is 14.7 Å². The van der Waals surface area contributed by atoms with Gasteiger partial charge in [-0.1, -0.05) is 48.5 Å². The molecule has 140 valence electrons. The molecule has 3 aromatic carbocycles. The van der Waals surface area contributed by atoms with Crippen LogP contribution in [0.2, 0.25) is 0 Å². The summed E-state index contributed by atoms with van der Waals surface area (Å²) in [5.74, 6) is -0.719. The zero-order valence-corrected chi connectivity index (χ0v) is 15.9. The monoisotopic (exact) mass is 402 g/mol. The van der Waals surface area contributed by atoms with E-state index in [9.17, 15) is 21.9 Å². The summed E-state index contributed by atoms with van der Waals surface area (Å²) < 4.78 is 51.3. The Hall–Kier alpha value is -2.48. The van der Waals surface area contributed by atoms with E-state index in [4.69, 9.17) is 0 Å². The molecule has 0 spiro atoms. The lowest BCUT2D eigenvalue weighted by Crippen LogP contribution is -2.16. The maximum atomic E-state index is 12.9. The topological polar surface area (TPSA) is 88.5 Å². The second-order valence-corrected chi connectivity index (χ2v) is 9.93. The predicted octanol–water partition coefficient (Wildman–Crippen LogP) is 2.96. The Kier molecular flexibility index (Phi) is 5.46. The van der Waals surface area contributed by atoms with E-state index in [2.05, 4.69) is 0 Å². The number of fused-ring (bicyclic) bond motifs is 1. The van der Waals surface area contributed by atoms with Gasteiger partial charge in [0.05, 0.1) is 27.1 Å². The van der Waals surface area contributed by atoms with Gasteiger partial charge in [-0.3, -0.25) is 0 Å². The van der Waals surface area contributed by atoms with Gasteiger partial charge in [-0.25, -0.2) is 16.8 Å². The van der Waals surface area contributed by atoms with Crippen molar-refractivity contribution in [3.63, 3.8) is 0 Å². The molecule has 0 aromatic heterocycles. The second kappa shape index (κ2) is 7.64. The van der Waals surface area contributed by atoms with Gasteiger partial charge in [0.2, 0.25) is 9.84 Å². The lowest BCUT2D eigenvalue weighted by atomic mass is 10.1. The number of benzene rings is 3.